The van der Waals surface area contributed by atoms with E-state index in [4.69, 9.17) is 5.11 Å². The molecule has 0 bridgehead atoms. The van der Waals surface area contributed by atoms with E-state index >= 15 is 0 Å². The summed E-state index contributed by atoms with van der Waals surface area (Å²) < 4.78 is 27.4. The molecular formula is C11H14N2O3S. The Morgan fingerprint density at radius 2 is 2.06 bits per heavy atom. The fourth-order valence-electron chi connectivity index (χ4n) is 1.85. The Labute approximate surface area is 100 Å². The summed E-state index contributed by atoms with van der Waals surface area (Å²) in [6.45, 7) is 2.84. The molecule has 1 aromatic rings. The van der Waals surface area contributed by atoms with Crippen molar-refractivity contribution in [2.24, 2.45) is 4.40 Å². The molecular weight excluding hydrogens is 240 g/mol. The lowest BCUT2D eigenvalue weighted by atomic mass is 10.2. The number of amidine groups is 1. The van der Waals surface area contributed by atoms with Crippen molar-refractivity contribution in [3.8, 4) is 0 Å². The van der Waals surface area contributed by atoms with Crippen LogP contribution in [0.25, 0.3) is 0 Å². The molecule has 0 atom stereocenters. The minimum atomic E-state index is -3.56. The molecule has 0 saturated heterocycles. The van der Waals surface area contributed by atoms with Crippen molar-refractivity contribution in [2.75, 3.05) is 19.7 Å². The van der Waals surface area contributed by atoms with Gasteiger partial charge in [-0.05, 0) is 19.1 Å². The van der Waals surface area contributed by atoms with Crippen LogP contribution in [0.15, 0.2) is 33.6 Å². The standard InChI is InChI=1S/C11H14N2O3S/c1-2-13(7-8-14)11-9-5-3-4-6-10(9)17(15,16)12-11/h3-6,14H,2,7-8H2,1H3. The largest absolute Gasteiger partial charge is 0.395 e. The highest BCUT2D eigenvalue weighted by Gasteiger charge is 2.30. The van der Waals surface area contributed by atoms with Gasteiger partial charge in [-0.3, -0.25) is 0 Å². The molecule has 1 aliphatic rings. The Balaban J connectivity index is 2.50. The second-order valence-corrected chi connectivity index (χ2v) is 5.26. The SMILES string of the molecule is CCN(CCO)C1=NS(=O)(=O)c2ccccc21. The van der Waals surface area contributed by atoms with Gasteiger partial charge in [0.15, 0.2) is 5.84 Å². The lowest BCUT2D eigenvalue weighted by Crippen LogP contribution is -2.33. The predicted octanol–water partition coefficient (Wildman–Crippen LogP) is 0.450. The fourth-order valence-corrected chi connectivity index (χ4v) is 3.08. The third-order valence-electron chi connectivity index (χ3n) is 2.66. The van der Waals surface area contributed by atoms with Crippen LogP contribution >= 0.6 is 0 Å². The van der Waals surface area contributed by atoms with E-state index in [1.165, 1.54) is 0 Å². The van der Waals surface area contributed by atoms with Gasteiger partial charge in [0.1, 0.15) is 4.90 Å². The lowest BCUT2D eigenvalue weighted by molar-refractivity contribution is 0.253. The van der Waals surface area contributed by atoms with E-state index in [1.807, 2.05) is 6.92 Å². The smallest absolute Gasteiger partial charge is 0.285 e. The number of likely N-dealkylation sites (N-methyl/N-ethyl adjacent to an activating group) is 1. The summed E-state index contributed by atoms with van der Waals surface area (Å²) in [6.07, 6.45) is 0. The van der Waals surface area contributed by atoms with Crippen LogP contribution in [0.3, 0.4) is 0 Å². The summed E-state index contributed by atoms with van der Waals surface area (Å²) >= 11 is 0. The van der Waals surface area contributed by atoms with Crippen molar-refractivity contribution >= 4 is 15.9 Å². The normalized spacial score (nSPS) is 16.5. The molecule has 2 rings (SSSR count). The molecule has 92 valence electrons. The molecule has 0 aliphatic carbocycles. The van der Waals surface area contributed by atoms with Gasteiger partial charge in [-0.2, -0.15) is 8.42 Å². The Morgan fingerprint density at radius 1 is 1.35 bits per heavy atom. The molecule has 6 heteroatoms. The van der Waals surface area contributed by atoms with Gasteiger partial charge in [-0.25, -0.2) is 0 Å². The van der Waals surface area contributed by atoms with Gasteiger partial charge in [0, 0.05) is 18.7 Å². The number of aliphatic hydroxyl groups excluding tert-OH is 1. The molecule has 1 N–H and O–H groups in total. The van der Waals surface area contributed by atoms with E-state index in [1.54, 1.807) is 29.2 Å². The first-order chi connectivity index (χ1) is 8.10. The summed E-state index contributed by atoms with van der Waals surface area (Å²) in [7, 11) is -3.56. The lowest BCUT2D eigenvalue weighted by Gasteiger charge is -2.21. The van der Waals surface area contributed by atoms with Gasteiger partial charge in [-0.15, -0.1) is 4.40 Å². The number of aliphatic hydroxyl groups is 1. The number of benzene rings is 1. The number of fused-ring (bicyclic) bond motifs is 1. The first-order valence-corrected chi connectivity index (χ1v) is 6.84. The maximum atomic E-state index is 11.8. The zero-order valence-corrected chi connectivity index (χ0v) is 10.3. The quantitative estimate of drug-likeness (QED) is 0.850. The fraction of sp³-hybridized carbons (Fsp3) is 0.364. The molecule has 0 amide bonds. The van der Waals surface area contributed by atoms with Crippen LogP contribution in [0, 0.1) is 0 Å². The van der Waals surface area contributed by atoms with E-state index in [0.29, 0.717) is 24.5 Å². The summed E-state index contributed by atoms with van der Waals surface area (Å²) in [5.41, 5.74) is 0.614. The average molecular weight is 254 g/mol. The van der Waals surface area contributed by atoms with E-state index in [-0.39, 0.29) is 11.5 Å². The van der Waals surface area contributed by atoms with E-state index in [2.05, 4.69) is 4.40 Å². The van der Waals surface area contributed by atoms with Crippen LogP contribution in [-0.4, -0.2) is 44.0 Å². The van der Waals surface area contributed by atoms with E-state index < -0.39 is 10.0 Å². The Morgan fingerprint density at radius 3 is 2.71 bits per heavy atom. The first-order valence-electron chi connectivity index (χ1n) is 5.40. The summed E-state index contributed by atoms with van der Waals surface area (Å²) in [5, 5.41) is 8.96. The number of hydrogen-bond acceptors (Lipinski definition) is 4. The number of rotatable bonds is 3. The van der Waals surface area contributed by atoms with Crippen molar-refractivity contribution in [3.63, 3.8) is 0 Å². The van der Waals surface area contributed by atoms with Crippen molar-refractivity contribution in [2.45, 2.75) is 11.8 Å². The predicted molar refractivity (Wildman–Crippen MR) is 64.5 cm³/mol. The van der Waals surface area contributed by atoms with Crippen LogP contribution in [0.4, 0.5) is 0 Å². The number of nitrogens with zero attached hydrogens (tertiary/aromatic N) is 2. The molecule has 1 aliphatic heterocycles. The van der Waals surface area contributed by atoms with Gasteiger partial charge >= 0.3 is 0 Å². The van der Waals surface area contributed by atoms with Gasteiger partial charge in [0.05, 0.1) is 6.61 Å². The highest BCUT2D eigenvalue weighted by atomic mass is 32.2. The zero-order chi connectivity index (χ0) is 12.5. The van der Waals surface area contributed by atoms with Crippen molar-refractivity contribution in [1.29, 1.82) is 0 Å². The Hall–Kier alpha value is -1.40. The van der Waals surface area contributed by atoms with Crippen LogP contribution < -0.4 is 0 Å². The third-order valence-corrected chi connectivity index (χ3v) is 3.99. The topological polar surface area (TPSA) is 70.0 Å². The third kappa shape index (κ3) is 2.05. The monoisotopic (exact) mass is 254 g/mol. The van der Waals surface area contributed by atoms with Crippen LogP contribution in [0.5, 0.6) is 0 Å². The van der Waals surface area contributed by atoms with Gasteiger partial charge in [0.25, 0.3) is 10.0 Å². The summed E-state index contributed by atoms with van der Waals surface area (Å²) in [6, 6.07) is 6.74. The number of sulfonamides is 1. The van der Waals surface area contributed by atoms with Gasteiger partial charge in [-0.1, -0.05) is 12.1 Å². The molecule has 0 spiro atoms. The molecule has 1 heterocycles. The van der Waals surface area contributed by atoms with E-state index in [9.17, 15) is 8.42 Å². The molecule has 5 nitrogen and oxygen atoms in total. The van der Waals surface area contributed by atoms with Crippen LogP contribution in [0.1, 0.15) is 12.5 Å². The average Bonchev–Trinajstić information content (AvgIpc) is 2.59. The Bertz CT molecular complexity index is 552. The Kier molecular flexibility index (Phi) is 3.17. The molecule has 0 radical (unpaired) electrons. The van der Waals surface area contributed by atoms with Crippen LogP contribution in [-0.2, 0) is 10.0 Å². The number of hydrogen-bond donors (Lipinski definition) is 1. The summed E-state index contributed by atoms with van der Waals surface area (Å²) in [5.74, 6) is 0.428. The molecule has 1 aromatic carbocycles. The molecule has 0 saturated carbocycles. The van der Waals surface area contributed by atoms with Gasteiger partial charge < -0.3 is 10.0 Å². The zero-order valence-electron chi connectivity index (χ0n) is 9.50. The van der Waals surface area contributed by atoms with Crippen LogP contribution in [0.2, 0.25) is 0 Å². The van der Waals surface area contributed by atoms with Crippen molar-refractivity contribution in [1.82, 2.24) is 4.90 Å². The molecule has 0 unspecified atom stereocenters. The summed E-state index contributed by atoms with van der Waals surface area (Å²) in [4.78, 5) is 2.00. The van der Waals surface area contributed by atoms with Crippen molar-refractivity contribution in [3.05, 3.63) is 29.8 Å². The molecule has 0 fully saturated rings. The maximum Gasteiger partial charge on any atom is 0.285 e. The molecule has 17 heavy (non-hydrogen) atoms. The maximum absolute atomic E-state index is 11.8. The second-order valence-electron chi connectivity index (χ2n) is 3.69. The minimum absolute atomic E-state index is 0.0327. The van der Waals surface area contributed by atoms with Gasteiger partial charge in [0.2, 0.25) is 0 Å². The highest BCUT2D eigenvalue weighted by molar-refractivity contribution is 7.90. The van der Waals surface area contributed by atoms with Crippen molar-refractivity contribution < 1.29 is 13.5 Å². The molecule has 0 aromatic heterocycles. The minimum Gasteiger partial charge on any atom is -0.395 e. The highest BCUT2D eigenvalue weighted by Crippen LogP contribution is 2.27. The van der Waals surface area contributed by atoms with E-state index in [0.717, 1.165) is 0 Å². The first kappa shape index (κ1) is 12.1. The second kappa shape index (κ2) is 4.46.